The standard InChI is InChI=1S/C23H25N5O2/c1-14-15(2)20(23(30)28(3)18-12-8-7-11-17(14)18)25-22(29)21-24-19(26-27-21)13-16-9-5-4-6-10-16/h4-12,14-15,20H,13H2,1-3H3,(H,25,29)(H,24,26,27)/t14-,15+,20-/m1/s1. The van der Waals surface area contributed by atoms with E-state index in [9.17, 15) is 9.59 Å². The van der Waals surface area contributed by atoms with Crippen LogP contribution in [-0.2, 0) is 11.2 Å². The summed E-state index contributed by atoms with van der Waals surface area (Å²) in [6, 6.07) is 17.0. The molecule has 3 atom stereocenters. The highest BCUT2D eigenvalue weighted by Crippen LogP contribution is 2.37. The third-order valence-corrected chi connectivity index (χ3v) is 5.95. The van der Waals surface area contributed by atoms with Gasteiger partial charge in [0.1, 0.15) is 11.9 Å². The molecule has 3 aromatic rings. The number of hydrogen-bond donors (Lipinski definition) is 2. The Morgan fingerprint density at radius 3 is 2.53 bits per heavy atom. The van der Waals surface area contributed by atoms with Crippen LogP contribution in [0.15, 0.2) is 54.6 Å². The second kappa shape index (κ2) is 8.10. The molecule has 1 aliphatic rings. The topological polar surface area (TPSA) is 91.0 Å². The molecular formula is C23H25N5O2. The van der Waals surface area contributed by atoms with Gasteiger partial charge >= 0.3 is 0 Å². The smallest absolute Gasteiger partial charge is 0.289 e. The van der Waals surface area contributed by atoms with Crippen LogP contribution < -0.4 is 10.2 Å². The second-order valence-electron chi connectivity index (χ2n) is 7.84. The fourth-order valence-electron chi connectivity index (χ4n) is 3.97. The van der Waals surface area contributed by atoms with Crippen molar-refractivity contribution in [2.75, 3.05) is 11.9 Å². The Balaban J connectivity index is 1.52. The first-order chi connectivity index (χ1) is 14.5. The Labute approximate surface area is 175 Å². The Kier molecular flexibility index (Phi) is 5.35. The van der Waals surface area contributed by atoms with Gasteiger partial charge in [0.05, 0.1) is 0 Å². The van der Waals surface area contributed by atoms with Gasteiger partial charge in [0.25, 0.3) is 5.91 Å². The molecule has 0 fully saturated rings. The molecule has 7 heteroatoms. The molecule has 0 bridgehead atoms. The van der Waals surface area contributed by atoms with Gasteiger partial charge in [-0.25, -0.2) is 0 Å². The molecule has 4 rings (SSSR count). The number of para-hydroxylation sites is 1. The van der Waals surface area contributed by atoms with Crippen molar-refractivity contribution in [1.29, 1.82) is 0 Å². The molecule has 1 aliphatic heterocycles. The number of hydrogen-bond acceptors (Lipinski definition) is 4. The lowest BCUT2D eigenvalue weighted by molar-refractivity contribution is -0.121. The molecule has 2 amide bonds. The molecule has 2 N–H and O–H groups in total. The Morgan fingerprint density at radius 2 is 1.77 bits per heavy atom. The molecule has 0 spiro atoms. The van der Waals surface area contributed by atoms with Crippen molar-refractivity contribution in [3.63, 3.8) is 0 Å². The number of aromatic amines is 1. The summed E-state index contributed by atoms with van der Waals surface area (Å²) in [5, 5.41) is 11.0. The summed E-state index contributed by atoms with van der Waals surface area (Å²) >= 11 is 0. The number of anilines is 1. The molecule has 7 nitrogen and oxygen atoms in total. The summed E-state index contributed by atoms with van der Waals surface area (Å²) in [6.07, 6.45) is 0.551. The Bertz CT molecular complexity index is 1060. The van der Waals surface area contributed by atoms with Crippen molar-refractivity contribution in [3.05, 3.63) is 77.4 Å². The molecule has 0 radical (unpaired) electrons. The average molecular weight is 403 g/mol. The largest absolute Gasteiger partial charge is 0.337 e. The predicted octanol–water partition coefficient (Wildman–Crippen LogP) is 2.91. The number of carbonyl (C=O) groups excluding carboxylic acids is 2. The van der Waals surface area contributed by atoms with Gasteiger partial charge in [0, 0.05) is 19.2 Å². The van der Waals surface area contributed by atoms with E-state index in [1.807, 2.05) is 61.5 Å². The van der Waals surface area contributed by atoms with E-state index in [1.165, 1.54) is 0 Å². The maximum atomic E-state index is 13.1. The first-order valence-corrected chi connectivity index (χ1v) is 10.1. The molecule has 2 heterocycles. The summed E-state index contributed by atoms with van der Waals surface area (Å²) in [4.78, 5) is 30.6. The van der Waals surface area contributed by atoms with E-state index in [-0.39, 0.29) is 23.6 Å². The lowest BCUT2D eigenvalue weighted by atomic mass is 9.84. The van der Waals surface area contributed by atoms with Gasteiger partial charge in [-0.1, -0.05) is 62.4 Å². The molecule has 154 valence electrons. The molecule has 1 aromatic heterocycles. The van der Waals surface area contributed by atoms with Crippen LogP contribution in [0.4, 0.5) is 5.69 Å². The number of fused-ring (bicyclic) bond motifs is 1. The van der Waals surface area contributed by atoms with Crippen LogP contribution >= 0.6 is 0 Å². The van der Waals surface area contributed by atoms with E-state index in [0.717, 1.165) is 16.8 Å². The number of nitrogens with one attached hydrogen (secondary N) is 2. The Morgan fingerprint density at radius 1 is 1.07 bits per heavy atom. The van der Waals surface area contributed by atoms with E-state index in [1.54, 1.807) is 11.9 Å². The van der Waals surface area contributed by atoms with Crippen LogP contribution in [0.5, 0.6) is 0 Å². The molecule has 0 saturated heterocycles. The van der Waals surface area contributed by atoms with Crippen LogP contribution in [0.2, 0.25) is 0 Å². The molecule has 2 aromatic carbocycles. The van der Waals surface area contributed by atoms with E-state index in [4.69, 9.17) is 0 Å². The van der Waals surface area contributed by atoms with Gasteiger partial charge in [-0.2, -0.15) is 0 Å². The van der Waals surface area contributed by atoms with E-state index < -0.39 is 11.9 Å². The number of likely N-dealkylation sites (N-methyl/N-ethyl adjacent to an activating group) is 1. The normalized spacial score (nSPS) is 21.1. The highest BCUT2D eigenvalue weighted by atomic mass is 16.2. The van der Waals surface area contributed by atoms with Gasteiger partial charge in [0.15, 0.2) is 0 Å². The number of benzene rings is 2. The van der Waals surface area contributed by atoms with Crippen LogP contribution in [0.25, 0.3) is 0 Å². The monoisotopic (exact) mass is 403 g/mol. The number of amides is 2. The molecule has 30 heavy (non-hydrogen) atoms. The van der Waals surface area contributed by atoms with Crippen molar-refractivity contribution >= 4 is 17.5 Å². The lowest BCUT2D eigenvalue weighted by Gasteiger charge is -2.26. The van der Waals surface area contributed by atoms with Crippen molar-refractivity contribution in [3.8, 4) is 0 Å². The first kappa shape index (κ1) is 19.8. The average Bonchev–Trinajstić information content (AvgIpc) is 3.22. The predicted molar refractivity (Wildman–Crippen MR) is 114 cm³/mol. The van der Waals surface area contributed by atoms with Crippen LogP contribution in [0, 0.1) is 5.92 Å². The highest BCUT2D eigenvalue weighted by molar-refractivity contribution is 6.02. The summed E-state index contributed by atoms with van der Waals surface area (Å²) in [6.45, 7) is 4.08. The van der Waals surface area contributed by atoms with Crippen molar-refractivity contribution in [1.82, 2.24) is 20.5 Å². The van der Waals surface area contributed by atoms with E-state index >= 15 is 0 Å². The fourth-order valence-corrected chi connectivity index (χ4v) is 3.97. The van der Waals surface area contributed by atoms with Gasteiger partial charge in [-0.3, -0.25) is 9.59 Å². The first-order valence-electron chi connectivity index (χ1n) is 10.1. The van der Waals surface area contributed by atoms with Gasteiger partial charge in [-0.05, 0) is 29.0 Å². The number of nitrogens with zero attached hydrogens (tertiary/aromatic N) is 3. The number of rotatable bonds is 4. The van der Waals surface area contributed by atoms with E-state index in [2.05, 4.69) is 27.4 Å². The summed E-state index contributed by atoms with van der Waals surface area (Å²) in [5.41, 5.74) is 3.05. The summed E-state index contributed by atoms with van der Waals surface area (Å²) in [5.74, 6) is 0.153. The number of H-pyrrole nitrogens is 1. The molecular weight excluding hydrogens is 378 g/mol. The van der Waals surface area contributed by atoms with E-state index in [0.29, 0.717) is 12.2 Å². The zero-order valence-corrected chi connectivity index (χ0v) is 17.3. The number of aromatic nitrogens is 3. The number of carbonyl (C=O) groups is 2. The summed E-state index contributed by atoms with van der Waals surface area (Å²) in [7, 11) is 1.75. The Hall–Kier alpha value is -3.48. The zero-order chi connectivity index (χ0) is 21.3. The minimum Gasteiger partial charge on any atom is -0.337 e. The van der Waals surface area contributed by atoms with Crippen molar-refractivity contribution in [2.45, 2.75) is 32.2 Å². The molecule has 0 aliphatic carbocycles. The third kappa shape index (κ3) is 3.70. The van der Waals surface area contributed by atoms with Gasteiger partial charge < -0.3 is 15.2 Å². The summed E-state index contributed by atoms with van der Waals surface area (Å²) < 4.78 is 0. The van der Waals surface area contributed by atoms with Gasteiger partial charge in [0.2, 0.25) is 11.7 Å². The van der Waals surface area contributed by atoms with Crippen LogP contribution in [0.1, 0.15) is 47.3 Å². The quantitative estimate of drug-likeness (QED) is 0.701. The zero-order valence-electron chi connectivity index (χ0n) is 17.3. The van der Waals surface area contributed by atoms with Crippen LogP contribution in [0.3, 0.4) is 0 Å². The maximum absolute atomic E-state index is 13.1. The minimum absolute atomic E-state index is 0.0840. The third-order valence-electron chi connectivity index (χ3n) is 5.95. The van der Waals surface area contributed by atoms with Gasteiger partial charge in [-0.15, -0.1) is 10.2 Å². The molecule has 0 unspecified atom stereocenters. The fraction of sp³-hybridized carbons (Fsp3) is 0.304. The lowest BCUT2D eigenvalue weighted by Crippen LogP contribution is -2.50. The SMILES string of the molecule is C[C@@H]1[C@@H](NC(=O)c2nnc(Cc3ccccc3)[nH]2)C(=O)N(C)c2ccccc2[C@@H]1C. The van der Waals surface area contributed by atoms with Crippen molar-refractivity contribution < 1.29 is 9.59 Å². The highest BCUT2D eigenvalue weighted by Gasteiger charge is 2.38. The maximum Gasteiger partial charge on any atom is 0.289 e. The van der Waals surface area contributed by atoms with Crippen LogP contribution in [-0.4, -0.2) is 40.1 Å². The second-order valence-corrected chi connectivity index (χ2v) is 7.84. The van der Waals surface area contributed by atoms with Crippen molar-refractivity contribution in [2.24, 2.45) is 5.92 Å². The molecule has 0 saturated carbocycles. The minimum atomic E-state index is -0.660.